The summed E-state index contributed by atoms with van der Waals surface area (Å²) in [7, 11) is 8.24. The number of carbonyl (C=O) groups excluding carboxylic acids is 1. The van der Waals surface area contributed by atoms with Crippen LogP contribution >= 0.6 is 0 Å². The molecule has 0 unspecified atom stereocenters. The van der Waals surface area contributed by atoms with Gasteiger partial charge in [0.1, 0.15) is 23.0 Å². The van der Waals surface area contributed by atoms with Gasteiger partial charge in [0.25, 0.3) is 0 Å². The number of rotatable bonds is 9. The van der Waals surface area contributed by atoms with E-state index in [4.69, 9.17) is 18.9 Å². The van der Waals surface area contributed by atoms with Gasteiger partial charge in [-0.1, -0.05) is 0 Å². The molecule has 0 radical (unpaired) electrons. The monoisotopic (exact) mass is 487 g/mol. The number of nitrogens with one attached hydrogen (secondary N) is 3. The van der Waals surface area contributed by atoms with E-state index in [1.165, 1.54) is 19.8 Å². The number of pyridine rings is 2. The van der Waals surface area contributed by atoms with Crippen molar-refractivity contribution in [1.29, 1.82) is 0 Å². The van der Waals surface area contributed by atoms with Crippen molar-refractivity contribution in [2.24, 2.45) is 0 Å². The summed E-state index contributed by atoms with van der Waals surface area (Å²) in [5.74, 6) is 1.80. The van der Waals surface area contributed by atoms with Gasteiger partial charge < -0.3 is 34.9 Å². The largest absolute Gasteiger partial charge is 0.370 e. The molecule has 2 aliphatic rings. The standard InChI is InChI=1S/C13H21N3O2.C12H16N2O3/c1-14-8-10-7-9-5-4-6-15-12(9)16-11(10)13(17-2)18-3;1-16-12(17-2)10-9(7-15)6-8-4-3-5-13-11(8)14-10/h7,13-14H,4-6,8H2,1-3H3,(H,15,16);6-7,12H,3-5H2,1-2H3,(H,13,14). The van der Waals surface area contributed by atoms with Crippen molar-refractivity contribution in [1.82, 2.24) is 15.3 Å². The van der Waals surface area contributed by atoms with Gasteiger partial charge in [-0.2, -0.15) is 0 Å². The van der Waals surface area contributed by atoms with Gasteiger partial charge in [0.15, 0.2) is 6.29 Å². The Labute approximate surface area is 207 Å². The summed E-state index contributed by atoms with van der Waals surface area (Å²) in [5.41, 5.74) is 5.39. The van der Waals surface area contributed by atoms with Crippen molar-refractivity contribution in [3.63, 3.8) is 0 Å². The molecule has 0 saturated heterocycles. The van der Waals surface area contributed by atoms with Gasteiger partial charge in [-0.25, -0.2) is 9.97 Å². The number of methoxy groups -OCH3 is 4. The Morgan fingerprint density at radius 1 is 0.886 bits per heavy atom. The maximum Gasteiger partial charge on any atom is 0.201 e. The first-order chi connectivity index (χ1) is 17.1. The lowest BCUT2D eigenvalue weighted by Crippen LogP contribution is -2.20. The Morgan fingerprint density at radius 3 is 1.91 bits per heavy atom. The first kappa shape index (κ1) is 27.0. The van der Waals surface area contributed by atoms with Crippen LogP contribution in [-0.4, -0.2) is 64.8 Å². The minimum Gasteiger partial charge on any atom is -0.370 e. The van der Waals surface area contributed by atoms with Crippen molar-refractivity contribution in [3.8, 4) is 0 Å². The fourth-order valence-electron chi connectivity index (χ4n) is 4.32. The normalized spacial score (nSPS) is 14.4. The Morgan fingerprint density at radius 2 is 1.40 bits per heavy atom. The van der Waals surface area contributed by atoms with E-state index in [0.29, 0.717) is 11.3 Å². The molecule has 2 aromatic heterocycles. The number of aryl methyl sites for hydroxylation is 2. The number of aldehydes is 1. The van der Waals surface area contributed by atoms with Gasteiger partial charge in [0.2, 0.25) is 12.6 Å². The van der Waals surface area contributed by atoms with E-state index in [1.54, 1.807) is 14.2 Å². The molecule has 0 bridgehead atoms. The third kappa shape index (κ3) is 6.53. The van der Waals surface area contributed by atoms with Crippen LogP contribution in [0.5, 0.6) is 0 Å². The van der Waals surface area contributed by atoms with Crippen LogP contribution < -0.4 is 16.0 Å². The molecule has 192 valence electrons. The molecule has 0 saturated carbocycles. The van der Waals surface area contributed by atoms with Crippen LogP contribution in [0.3, 0.4) is 0 Å². The van der Waals surface area contributed by atoms with E-state index in [-0.39, 0.29) is 0 Å². The lowest BCUT2D eigenvalue weighted by Gasteiger charge is -2.23. The number of ether oxygens (including phenoxy) is 4. The zero-order chi connectivity index (χ0) is 25.2. The number of aromatic nitrogens is 2. The predicted molar refractivity (Wildman–Crippen MR) is 134 cm³/mol. The highest BCUT2D eigenvalue weighted by molar-refractivity contribution is 5.78. The molecule has 0 aromatic carbocycles. The zero-order valence-electron chi connectivity index (χ0n) is 21.3. The predicted octanol–water partition coefficient (Wildman–Crippen LogP) is 2.99. The summed E-state index contributed by atoms with van der Waals surface area (Å²) >= 11 is 0. The summed E-state index contributed by atoms with van der Waals surface area (Å²) in [6.07, 6.45) is 4.02. The molecule has 0 spiro atoms. The van der Waals surface area contributed by atoms with Crippen LogP contribution in [0.25, 0.3) is 0 Å². The van der Waals surface area contributed by atoms with Gasteiger partial charge in [-0.15, -0.1) is 0 Å². The number of anilines is 2. The molecule has 2 aromatic rings. The fourth-order valence-corrected chi connectivity index (χ4v) is 4.32. The van der Waals surface area contributed by atoms with Gasteiger partial charge in [-0.3, -0.25) is 4.79 Å². The Hall–Kier alpha value is -2.63. The number of carbonyl (C=O) groups is 1. The van der Waals surface area contributed by atoms with E-state index in [1.807, 2.05) is 13.1 Å². The highest BCUT2D eigenvalue weighted by Crippen LogP contribution is 2.28. The molecular formula is C25H37N5O5. The molecule has 4 heterocycles. The van der Waals surface area contributed by atoms with Gasteiger partial charge >= 0.3 is 0 Å². The van der Waals surface area contributed by atoms with Crippen molar-refractivity contribution >= 4 is 17.9 Å². The van der Waals surface area contributed by atoms with Crippen molar-refractivity contribution in [3.05, 3.63) is 45.8 Å². The van der Waals surface area contributed by atoms with Gasteiger partial charge in [-0.05, 0) is 61.6 Å². The Kier molecular flexibility index (Phi) is 10.4. The third-order valence-electron chi connectivity index (χ3n) is 6.00. The molecule has 0 atom stereocenters. The summed E-state index contributed by atoms with van der Waals surface area (Å²) in [4.78, 5) is 20.2. The summed E-state index contributed by atoms with van der Waals surface area (Å²) in [6, 6.07) is 4.06. The molecule has 35 heavy (non-hydrogen) atoms. The highest BCUT2D eigenvalue weighted by atomic mass is 16.7. The van der Waals surface area contributed by atoms with E-state index >= 15 is 0 Å². The molecule has 3 N–H and O–H groups in total. The number of fused-ring (bicyclic) bond motifs is 2. The van der Waals surface area contributed by atoms with E-state index in [0.717, 1.165) is 80.1 Å². The molecular weight excluding hydrogens is 450 g/mol. The summed E-state index contributed by atoms with van der Waals surface area (Å²) < 4.78 is 20.9. The van der Waals surface area contributed by atoms with Crippen molar-refractivity contribution < 1.29 is 23.7 Å². The number of hydrogen-bond acceptors (Lipinski definition) is 10. The van der Waals surface area contributed by atoms with Crippen molar-refractivity contribution in [2.45, 2.75) is 44.8 Å². The third-order valence-corrected chi connectivity index (χ3v) is 6.00. The van der Waals surface area contributed by atoms with Crippen LogP contribution in [0, 0.1) is 0 Å². The average Bonchev–Trinajstić information content (AvgIpc) is 2.90. The first-order valence-corrected chi connectivity index (χ1v) is 11.8. The lowest BCUT2D eigenvalue weighted by molar-refractivity contribution is -0.109. The second kappa shape index (κ2) is 13.5. The van der Waals surface area contributed by atoms with Crippen molar-refractivity contribution in [2.75, 3.05) is 59.2 Å². The zero-order valence-corrected chi connectivity index (χ0v) is 21.3. The minimum atomic E-state index is -0.607. The van der Waals surface area contributed by atoms with Gasteiger partial charge in [0.05, 0.1) is 0 Å². The van der Waals surface area contributed by atoms with Gasteiger partial charge in [0, 0.05) is 53.6 Å². The van der Waals surface area contributed by atoms with E-state index in [9.17, 15) is 4.79 Å². The van der Waals surface area contributed by atoms with E-state index in [2.05, 4.69) is 32.0 Å². The molecule has 0 amide bonds. The van der Waals surface area contributed by atoms with Crippen LogP contribution in [-0.2, 0) is 38.3 Å². The number of hydrogen-bond donors (Lipinski definition) is 3. The van der Waals surface area contributed by atoms with Crippen LogP contribution in [0.4, 0.5) is 11.6 Å². The highest BCUT2D eigenvalue weighted by Gasteiger charge is 2.21. The molecule has 0 aliphatic carbocycles. The Balaban J connectivity index is 0.000000196. The SMILES string of the molecule is CNCc1cc2c(nc1C(OC)OC)NCCC2.COC(OC)c1nc2c(cc1C=O)CCCN2. The maximum atomic E-state index is 11.1. The van der Waals surface area contributed by atoms with Crippen LogP contribution in [0.1, 0.15) is 63.9 Å². The lowest BCUT2D eigenvalue weighted by atomic mass is 10.0. The van der Waals surface area contributed by atoms with Crippen LogP contribution in [0.2, 0.25) is 0 Å². The topological polar surface area (TPSA) is 116 Å². The molecule has 4 rings (SSSR count). The minimum absolute atomic E-state index is 0.414. The molecule has 2 aliphatic heterocycles. The maximum absolute atomic E-state index is 11.1. The second-order valence-corrected chi connectivity index (χ2v) is 8.33. The Bertz CT molecular complexity index is 979. The second-order valence-electron chi connectivity index (χ2n) is 8.33. The number of nitrogens with zero attached hydrogens (tertiary/aromatic N) is 2. The molecule has 10 nitrogen and oxygen atoms in total. The first-order valence-electron chi connectivity index (χ1n) is 11.8. The molecule has 0 fully saturated rings. The quantitative estimate of drug-likeness (QED) is 0.360. The molecule has 10 heteroatoms. The van der Waals surface area contributed by atoms with E-state index < -0.39 is 12.6 Å². The summed E-state index contributed by atoms with van der Waals surface area (Å²) in [5, 5.41) is 9.71. The smallest absolute Gasteiger partial charge is 0.201 e. The average molecular weight is 488 g/mol. The summed E-state index contributed by atoms with van der Waals surface area (Å²) in [6.45, 7) is 2.65. The fraction of sp³-hybridized carbons (Fsp3) is 0.560. The van der Waals surface area contributed by atoms with Crippen LogP contribution in [0.15, 0.2) is 12.1 Å².